The molecule has 0 amide bonds. The van der Waals surface area contributed by atoms with Gasteiger partial charge < -0.3 is 20.5 Å². The van der Waals surface area contributed by atoms with Gasteiger partial charge in [0, 0.05) is 32.7 Å². The van der Waals surface area contributed by atoms with Crippen LogP contribution in [-0.2, 0) is 9.47 Å². The van der Waals surface area contributed by atoms with E-state index >= 15 is 0 Å². The highest BCUT2D eigenvalue weighted by Gasteiger charge is 2.34. The fourth-order valence-corrected chi connectivity index (χ4v) is 2.12. The fourth-order valence-electron chi connectivity index (χ4n) is 1.72. The molecule has 2 heterocycles. The molecule has 0 bridgehead atoms. The highest BCUT2D eigenvalue weighted by molar-refractivity contribution is 9.10. The zero-order valence-corrected chi connectivity index (χ0v) is 11.2. The number of nitrogen functional groups attached to an aromatic ring is 1. The van der Waals surface area contributed by atoms with E-state index in [-0.39, 0.29) is 5.60 Å². The summed E-state index contributed by atoms with van der Waals surface area (Å²) >= 11 is 3.27. The molecule has 1 aromatic rings. The molecule has 1 atom stereocenters. The van der Waals surface area contributed by atoms with E-state index in [1.165, 1.54) is 0 Å². The first-order valence-electron chi connectivity index (χ1n) is 5.30. The van der Waals surface area contributed by atoms with E-state index in [4.69, 9.17) is 15.2 Å². The van der Waals surface area contributed by atoms with Crippen LogP contribution in [0.2, 0.25) is 0 Å². The van der Waals surface area contributed by atoms with Crippen molar-refractivity contribution in [2.45, 2.75) is 12.0 Å². The van der Waals surface area contributed by atoms with E-state index in [1.807, 2.05) is 0 Å². The smallest absolute Gasteiger partial charge is 0.225 e. The van der Waals surface area contributed by atoms with E-state index in [9.17, 15) is 0 Å². The van der Waals surface area contributed by atoms with E-state index in [0.29, 0.717) is 29.5 Å². The highest BCUT2D eigenvalue weighted by Crippen LogP contribution is 2.23. The normalized spacial score (nSPS) is 23.9. The van der Waals surface area contributed by atoms with Crippen molar-refractivity contribution in [1.29, 1.82) is 0 Å². The van der Waals surface area contributed by atoms with Crippen LogP contribution in [0.15, 0.2) is 10.7 Å². The van der Waals surface area contributed by atoms with Crippen molar-refractivity contribution in [2.75, 3.05) is 37.9 Å². The number of aromatic nitrogens is 2. The molecule has 2 rings (SSSR count). The molecule has 1 aliphatic heterocycles. The molecule has 0 spiro atoms. The predicted molar refractivity (Wildman–Crippen MR) is 67.8 cm³/mol. The molecule has 94 valence electrons. The van der Waals surface area contributed by atoms with Crippen LogP contribution in [0.5, 0.6) is 0 Å². The molecule has 1 unspecified atom stereocenters. The van der Waals surface area contributed by atoms with Crippen LogP contribution >= 0.6 is 15.9 Å². The topological polar surface area (TPSA) is 82.3 Å². The van der Waals surface area contributed by atoms with Gasteiger partial charge in [0.15, 0.2) is 0 Å². The quantitative estimate of drug-likeness (QED) is 0.809. The van der Waals surface area contributed by atoms with E-state index in [0.717, 1.165) is 13.0 Å². The minimum atomic E-state index is -0.291. The van der Waals surface area contributed by atoms with E-state index in [2.05, 4.69) is 31.2 Å². The van der Waals surface area contributed by atoms with Gasteiger partial charge >= 0.3 is 0 Å². The van der Waals surface area contributed by atoms with Crippen molar-refractivity contribution in [1.82, 2.24) is 9.97 Å². The van der Waals surface area contributed by atoms with Crippen LogP contribution in [0.3, 0.4) is 0 Å². The summed E-state index contributed by atoms with van der Waals surface area (Å²) in [7, 11) is 1.69. The molecule has 1 aliphatic rings. The van der Waals surface area contributed by atoms with E-state index < -0.39 is 0 Å². The summed E-state index contributed by atoms with van der Waals surface area (Å²) in [6.07, 6.45) is 0.861. The first-order valence-corrected chi connectivity index (χ1v) is 6.10. The predicted octanol–water partition coefficient (Wildman–Crippen LogP) is 1.04. The van der Waals surface area contributed by atoms with Crippen LogP contribution in [0.25, 0.3) is 0 Å². The van der Waals surface area contributed by atoms with Crippen molar-refractivity contribution in [3.8, 4) is 0 Å². The Kier molecular flexibility index (Phi) is 3.80. The Morgan fingerprint density at radius 2 is 2.47 bits per heavy atom. The van der Waals surface area contributed by atoms with Gasteiger partial charge in [-0.05, 0) is 15.9 Å². The number of nitrogens with two attached hydrogens (primary N) is 1. The number of nitrogens with zero attached hydrogens (tertiary/aromatic N) is 2. The Bertz CT molecular complexity index is 376. The maximum Gasteiger partial charge on any atom is 0.225 e. The van der Waals surface area contributed by atoms with Gasteiger partial charge in [0.2, 0.25) is 5.95 Å². The van der Waals surface area contributed by atoms with E-state index in [1.54, 1.807) is 13.2 Å². The third kappa shape index (κ3) is 3.05. The summed E-state index contributed by atoms with van der Waals surface area (Å²) in [5.41, 5.74) is 5.34. The lowest BCUT2D eigenvalue weighted by atomic mass is 10.0. The first kappa shape index (κ1) is 12.5. The number of methoxy groups -OCH3 is 1. The molecular weight excluding hydrogens is 288 g/mol. The van der Waals surface area contributed by atoms with Crippen LogP contribution < -0.4 is 11.1 Å². The van der Waals surface area contributed by atoms with Crippen LogP contribution in [0.4, 0.5) is 11.8 Å². The molecule has 3 N–H and O–H groups in total. The molecule has 7 heteroatoms. The SMILES string of the molecule is COC1(CNc2nc(N)cc(Br)n2)CCOC1. The van der Waals surface area contributed by atoms with Gasteiger partial charge in [-0.15, -0.1) is 0 Å². The summed E-state index contributed by atoms with van der Waals surface area (Å²) in [5, 5.41) is 3.12. The number of nitrogens with one attached hydrogen (secondary N) is 1. The lowest BCUT2D eigenvalue weighted by Gasteiger charge is -2.25. The summed E-state index contributed by atoms with van der Waals surface area (Å²) in [5.74, 6) is 0.906. The highest BCUT2D eigenvalue weighted by atomic mass is 79.9. The molecule has 1 fully saturated rings. The molecule has 1 saturated heterocycles. The van der Waals surface area contributed by atoms with Gasteiger partial charge in [-0.1, -0.05) is 0 Å². The summed E-state index contributed by atoms with van der Waals surface area (Å²) < 4.78 is 11.5. The Morgan fingerprint density at radius 3 is 3.06 bits per heavy atom. The molecule has 0 aromatic carbocycles. The lowest BCUT2D eigenvalue weighted by molar-refractivity contribution is -0.00631. The van der Waals surface area contributed by atoms with Crippen molar-refractivity contribution in [3.05, 3.63) is 10.7 Å². The second-order valence-electron chi connectivity index (χ2n) is 3.98. The molecule has 1 aromatic heterocycles. The summed E-state index contributed by atoms with van der Waals surface area (Å²) in [6.45, 7) is 1.90. The molecule has 17 heavy (non-hydrogen) atoms. The number of rotatable bonds is 4. The Hall–Kier alpha value is -0.920. The number of anilines is 2. The van der Waals surface area contributed by atoms with Gasteiger partial charge in [-0.25, -0.2) is 4.98 Å². The monoisotopic (exact) mass is 302 g/mol. The maximum atomic E-state index is 5.63. The second-order valence-corrected chi connectivity index (χ2v) is 4.79. The standard InChI is InChI=1S/C10H15BrN4O2/c1-16-10(2-3-17-6-10)5-13-9-14-7(11)4-8(12)15-9/h4H,2-3,5-6H2,1H3,(H3,12,13,14,15). The Balaban J connectivity index is 2.01. The molecule has 0 aliphatic carbocycles. The molecule has 6 nitrogen and oxygen atoms in total. The van der Waals surface area contributed by atoms with Crippen molar-refractivity contribution in [2.24, 2.45) is 0 Å². The number of ether oxygens (including phenoxy) is 2. The average molecular weight is 303 g/mol. The van der Waals surface area contributed by atoms with Gasteiger partial charge in [-0.2, -0.15) is 4.98 Å². The van der Waals surface area contributed by atoms with Gasteiger partial charge in [0.1, 0.15) is 16.0 Å². The number of hydrogen-bond donors (Lipinski definition) is 2. The summed E-state index contributed by atoms with van der Waals surface area (Å²) in [6, 6.07) is 1.65. The lowest BCUT2D eigenvalue weighted by Crippen LogP contribution is -2.39. The Morgan fingerprint density at radius 1 is 1.65 bits per heavy atom. The van der Waals surface area contributed by atoms with Crippen LogP contribution in [0.1, 0.15) is 6.42 Å². The van der Waals surface area contributed by atoms with Crippen LogP contribution in [0, 0.1) is 0 Å². The fraction of sp³-hybridized carbons (Fsp3) is 0.600. The minimum absolute atomic E-state index is 0.291. The van der Waals surface area contributed by atoms with Gasteiger partial charge in [0.25, 0.3) is 0 Å². The number of hydrogen-bond acceptors (Lipinski definition) is 6. The minimum Gasteiger partial charge on any atom is -0.383 e. The van der Waals surface area contributed by atoms with Crippen molar-refractivity contribution >= 4 is 27.7 Å². The van der Waals surface area contributed by atoms with Crippen molar-refractivity contribution < 1.29 is 9.47 Å². The van der Waals surface area contributed by atoms with Gasteiger partial charge in [0.05, 0.1) is 6.61 Å². The molecule has 0 radical (unpaired) electrons. The largest absolute Gasteiger partial charge is 0.383 e. The average Bonchev–Trinajstić information content (AvgIpc) is 2.74. The van der Waals surface area contributed by atoms with Crippen LogP contribution in [-0.4, -0.2) is 42.4 Å². The zero-order valence-electron chi connectivity index (χ0n) is 9.57. The third-order valence-corrected chi connectivity index (χ3v) is 3.19. The third-order valence-electron chi connectivity index (χ3n) is 2.78. The van der Waals surface area contributed by atoms with Gasteiger partial charge in [-0.3, -0.25) is 0 Å². The zero-order chi connectivity index (χ0) is 12.3. The Labute approximate surface area is 108 Å². The molecule has 0 saturated carbocycles. The second kappa shape index (κ2) is 5.16. The van der Waals surface area contributed by atoms with Crippen molar-refractivity contribution in [3.63, 3.8) is 0 Å². The number of halogens is 1. The summed E-state index contributed by atoms with van der Waals surface area (Å²) in [4.78, 5) is 8.27. The maximum absolute atomic E-state index is 5.63. The first-order chi connectivity index (χ1) is 8.13. The molecular formula is C10H15BrN4O2.